The molecule has 0 aliphatic heterocycles. The molecule has 9 heteroatoms. The molecule has 2 aromatic heterocycles. The van der Waals surface area contributed by atoms with Gasteiger partial charge in [0.2, 0.25) is 0 Å². The number of H-pyrrole nitrogens is 1. The van der Waals surface area contributed by atoms with Gasteiger partial charge in [-0.05, 0) is 63.9 Å². The fourth-order valence-corrected chi connectivity index (χ4v) is 4.32. The largest absolute Gasteiger partial charge is 0.354 e. The minimum absolute atomic E-state index is 0.123. The molecule has 2 heterocycles. The number of nitrogens with zero attached hydrogens (tertiary/aromatic N) is 2. The molecular weight excluding hydrogens is 426 g/mol. The van der Waals surface area contributed by atoms with Gasteiger partial charge in [0.25, 0.3) is 11.8 Å². The maximum Gasteiger partial charge on any atom is 0.286 e. The SMILES string of the molecule is CC(=O)c1c(C)[nH]c(C(=O)NNC(=O)c2ccc(CSc3nc(C)cc(C)n3)cc2)c1C. The molecule has 0 unspecified atom stereocenters. The Hall–Kier alpha value is -3.46. The van der Waals surface area contributed by atoms with E-state index in [0.717, 1.165) is 22.1 Å². The summed E-state index contributed by atoms with van der Waals surface area (Å²) in [7, 11) is 0. The number of carbonyl (C=O) groups excluding carboxylic acids is 3. The van der Waals surface area contributed by atoms with Gasteiger partial charge in [-0.15, -0.1) is 0 Å². The van der Waals surface area contributed by atoms with Crippen LogP contribution in [0.15, 0.2) is 35.5 Å². The normalized spacial score (nSPS) is 10.7. The first-order chi connectivity index (χ1) is 15.2. The third-order valence-corrected chi connectivity index (χ3v) is 5.77. The van der Waals surface area contributed by atoms with Gasteiger partial charge in [0.15, 0.2) is 10.9 Å². The zero-order valence-electron chi connectivity index (χ0n) is 18.6. The van der Waals surface area contributed by atoms with Crippen molar-refractivity contribution in [3.05, 3.63) is 75.4 Å². The van der Waals surface area contributed by atoms with Gasteiger partial charge >= 0.3 is 0 Å². The van der Waals surface area contributed by atoms with Gasteiger partial charge < -0.3 is 4.98 Å². The van der Waals surface area contributed by atoms with Crippen molar-refractivity contribution in [2.24, 2.45) is 0 Å². The quantitative estimate of drug-likeness (QED) is 0.228. The van der Waals surface area contributed by atoms with Crippen LogP contribution < -0.4 is 10.9 Å². The van der Waals surface area contributed by atoms with Crippen LogP contribution >= 0.6 is 11.8 Å². The van der Waals surface area contributed by atoms with Crippen LogP contribution in [-0.2, 0) is 5.75 Å². The van der Waals surface area contributed by atoms with E-state index in [1.807, 2.05) is 32.0 Å². The number of hydrogen-bond donors (Lipinski definition) is 3. The number of carbonyl (C=O) groups is 3. The Balaban J connectivity index is 1.57. The number of hydrogen-bond acceptors (Lipinski definition) is 6. The smallest absolute Gasteiger partial charge is 0.286 e. The van der Waals surface area contributed by atoms with Gasteiger partial charge in [0, 0.05) is 34.0 Å². The molecule has 0 saturated carbocycles. The van der Waals surface area contributed by atoms with Gasteiger partial charge in [-0.25, -0.2) is 9.97 Å². The number of aromatic amines is 1. The Morgan fingerprint density at radius 2 is 1.53 bits per heavy atom. The highest BCUT2D eigenvalue weighted by Gasteiger charge is 2.20. The third kappa shape index (κ3) is 5.42. The average molecular weight is 452 g/mol. The minimum atomic E-state index is -0.520. The first-order valence-electron chi connectivity index (χ1n) is 10.0. The lowest BCUT2D eigenvalue weighted by molar-refractivity contribution is 0.0844. The van der Waals surface area contributed by atoms with Crippen LogP contribution in [0, 0.1) is 27.7 Å². The Bertz CT molecular complexity index is 1160. The van der Waals surface area contributed by atoms with Gasteiger partial charge in [-0.3, -0.25) is 25.2 Å². The summed E-state index contributed by atoms with van der Waals surface area (Å²) in [6.07, 6.45) is 0. The fourth-order valence-electron chi connectivity index (χ4n) is 3.41. The number of benzene rings is 1. The molecule has 8 nitrogen and oxygen atoms in total. The maximum atomic E-state index is 12.4. The predicted molar refractivity (Wildman–Crippen MR) is 123 cm³/mol. The first-order valence-corrected chi connectivity index (χ1v) is 11.0. The van der Waals surface area contributed by atoms with E-state index in [2.05, 4.69) is 25.8 Å². The Morgan fingerprint density at radius 3 is 2.09 bits per heavy atom. The second-order valence-electron chi connectivity index (χ2n) is 7.51. The number of aromatic nitrogens is 3. The van der Waals surface area contributed by atoms with Gasteiger partial charge in [0.05, 0.1) is 0 Å². The number of aryl methyl sites for hydroxylation is 3. The van der Waals surface area contributed by atoms with Crippen LogP contribution in [0.2, 0.25) is 0 Å². The zero-order chi connectivity index (χ0) is 23.4. The van der Waals surface area contributed by atoms with E-state index in [4.69, 9.17) is 0 Å². The summed E-state index contributed by atoms with van der Waals surface area (Å²) in [6, 6.07) is 9.01. The topological polar surface area (TPSA) is 117 Å². The molecular formula is C23H25N5O3S. The molecule has 0 aliphatic rings. The Kier molecular flexibility index (Phi) is 7.09. The average Bonchev–Trinajstić information content (AvgIpc) is 3.04. The van der Waals surface area contributed by atoms with Gasteiger partial charge in [0.1, 0.15) is 5.69 Å². The van der Waals surface area contributed by atoms with E-state index in [1.165, 1.54) is 18.7 Å². The standard InChI is InChI=1S/C23H25N5O3S/c1-12-10-13(2)25-23(24-12)32-11-17-6-8-18(9-7-17)21(30)27-28-22(31)20-14(3)19(16(5)29)15(4)26-20/h6-10,26H,11H2,1-5H3,(H,27,30)(H,28,31). The second-order valence-corrected chi connectivity index (χ2v) is 8.45. The second kappa shape index (κ2) is 9.78. The predicted octanol–water partition coefficient (Wildman–Crippen LogP) is 3.61. The van der Waals surface area contributed by atoms with E-state index < -0.39 is 11.8 Å². The lowest BCUT2D eigenvalue weighted by Crippen LogP contribution is -2.42. The molecule has 0 saturated heterocycles. The van der Waals surface area contributed by atoms with Crippen molar-refractivity contribution >= 4 is 29.4 Å². The van der Waals surface area contributed by atoms with Crippen molar-refractivity contribution in [1.29, 1.82) is 0 Å². The van der Waals surface area contributed by atoms with Crippen molar-refractivity contribution in [3.63, 3.8) is 0 Å². The molecule has 0 spiro atoms. The molecule has 1 aromatic carbocycles. The highest BCUT2D eigenvalue weighted by molar-refractivity contribution is 7.98. The Labute approximate surface area is 190 Å². The molecule has 0 radical (unpaired) electrons. The summed E-state index contributed by atoms with van der Waals surface area (Å²) in [5.74, 6) is -0.414. The summed E-state index contributed by atoms with van der Waals surface area (Å²) in [5, 5.41) is 0.717. The molecule has 2 amide bonds. The number of nitrogens with one attached hydrogen (secondary N) is 3. The highest BCUT2D eigenvalue weighted by atomic mass is 32.2. The van der Waals surface area contributed by atoms with Crippen LogP contribution in [-0.4, -0.2) is 32.5 Å². The number of thioether (sulfide) groups is 1. The lowest BCUT2D eigenvalue weighted by atomic mass is 10.1. The number of ketones is 1. The van der Waals surface area contributed by atoms with E-state index in [9.17, 15) is 14.4 Å². The molecule has 3 aromatic rings. The van der Waals surface area contributed by atoms with E-state index in [-0.39, 0.29) is 11.5 Å². The van der Waals surface area contributed by atoms with Crippen LogP contribution in [0.3, 0.4) is 0 Å². The zero-order valence-corrected chi connectivity index (χ0v) is 19.4. The van der Waals surface area contributed by atoms with Crippen LogP contribution in [0.5, 0.6) is 0 Å². The molecule has 3 rings (SSSR count). The Morgan fingerprint density at radius 1 is 0.938 bits per heavy atom. The third-order valence-electron chi connectivity index (χ3n) is 4.85. The van der Waals surface area contributed by atoms with E-state index in [0.29, 0.717) is 28.1 Å². The first kappa shape index (κ1) is 23.2. The number of amides is 2. The highest BCUT2D eigenvalue weighted by Crippen LogP contribution is 2.20. The van der Waals surface area contributed by atoms with Crippen molar-refractivity contribution in [1.82, 2.24) is 25.8 Å². The molecule has 0 fully saturated rings. The molecule has 3 N–H and O–H groups in total. The number of Topliss-reactive ketones (excluding diaryl/α,β-unsaturated/α-hetero) is 1. The van der Waals surface area contributed by atoms with Crippen LogP contribution in [0.25, 0.3) is 0 Å². The summed E-state index contributed by atoms with van der Waals surface area (Å²) < 4.78 is 0. The lowest BCUT2D eigenvalue weighted by Gasteiger charge is -2.08. The van der Waals surface area contributed by atoms with Gasteiger partial charge in [-0.1, -0.05) is 23.9 Å². The summed E-state index contributed by atoms with van der Waals surface area (Å²) in [5.41, 5.74) is 9.97. The summed E-state index contributed by atoms with van der Waals surface area (Å²) in [4.78, 5) is 48.3. The monoisotopic (exact) mass is 451 g/mol. The number of hydrazine groups is 1. The molecule has 0 bridgehead atoms. The van der Waals surface area contributed by atoms with E-state index in [1.54, 1.807) is 26.0 Å². The van der Waals surface area contributed by atoms with Crippen molar-refractivity contribution < 1.29 is 14.4 Å². The van der Waals surface area contributed by atoms with Crippen LogP contribution in [0.4, 0.5) is 0 Å². The van der Waals surface area contributed by atoms with Crippen molar-refractivity contribution in [2.45, 2.75) is 45.5 Å². The van der Waals surface area contributed by atoms with Crippen molar-refractivity contribution in [3.8, 4) is 0 Å². The fraction of sp³-hybridized carbons (Fsp3) is 0.261. The molecule has 0 atom stereocenters. The van der Waals surface area contributed by atoms with Crippen molar-refractivity contribution in [2.75, 3.05) is 0 Å². The van der Waals surface area contributed by atoms with Gasteiger partial charge in [-0.2, -0.15) is 0 Å². The molecule has 0 aliphatic carbocycles. The summed E-state index contributed by atoms with van der Waals surface area (Å²) in [6.45, 7) is 8.74. The summed E-state index contributed by atoms with van der Waals surface area (Å²) >= 11 is 1.53. The minimum Gasteiger partial charge on any atom is -0.354 e. The van der Waals surface area contributed by atoms with E-state index >= 15 is 0 Å². The number of rotatable bonds is 6. The molecule has 166 valence electrons. The van der Waals surface area contributed by atoms with Crippen LogP contribution in [0.1, 0.15) is 66.3 Å². The molecule has 32 heavy (non-hydrogen) atoms. The maximum absolute atomic E-state index is 12.4.